The number of non-ortho nitro benzene ring substituents is 1. The van der Waals surface area contributed by atoms with Crippen LogP contribution in [-0.4, -0.2) is 15.8 Å². The highest BCUT2D eigenvalue weighted by atomic mass is 79.9. The number of nitro groups is 1. The molecule has 3 aromatic rings. The van der Waals surface area contributed by atoms with Crippen molar-refractivity contribution in [1.29, 1.82) is 0 Å². The Morgan fingerprint density at radius 1 is 1.30 bits per heavy atom. The molecule has 1 heterocycles. The van der Waals surface area contributed by atoms with Crippen LogP contribution in [0.4, 0.5) is 11.4 Å². The summed E-state index contributed by atoms with van der Waals surface area (Å²) in [6, 6.07) is 12.0. The zero-order valence-electron chi connectivity index (χ0n) is 14.4. The summed E-state index contributed by atoms with van der Waals surface area (Å²) < 4.78 is 6.63. The number of benzene rings is 2. The van der Waals surface area contributed by atoms with E-state index in [1.165, 1.54) is 12.1 Å². The zero-order chi connectivity index (χ0) is 19.4. The van der Waals surface area contributed by atoms with Gasteiger partial charge in [0.05, 0.1) is 16.8 Å². The number of hydrogen-bond acceptors (Lipinski definition) is 5. The van der Waals surface area contributed by atoms with Gasteiger partial charge >= 0.3 is 0 Å². The topological polar surface area (TPSA) is 98.3 Å². The van der Waals surface area contributed by atoms with Crippen molar-refractivity contribution in [3.63, 3.8) is 0 Å². The van der Waals surface area contributed by atoms with Crippen molar-refractivity contribution in [3.8, 4) is 11.3 Å². The van der Waals surface area contributed by atoms with E-state index >= 15 is 0 Å². The molecule has 0 aliphatic heterocycles. The van der Waals surface area contributed by atoms with Gasteiger partial charge in [0.25, 0.3) is 5.69 Å². The average Bonchev–Trinajstić information content (AvgIpc) is 3.11. The Labute approximate surface area is 163 Å². The smallest absolute Gasteiger partial charge is 0.271 e. The number of aromatic nitrogens is 1. The summed E-state index contributed by atoms with van der Waals surface area (Å²) in [5, 5.41) is 13.6. The molecule has 1 amide bonds. The molecular weight excluding hydrogens is 414 g/mol. The molecule has 138 valence electrons. The van der Waals surface area contributed by atoms with Crippen molar-refractivity contribution in [2.75, 3.05) is 5.32 Å². The molecule has 0 atom stereocenters. The summed E-state index contributed by atoms with van der Waals surface area (Å²) in [7, 11) is 0. The van der Waals surface area contributed by atoms with Crippen molar-refractivity contribution in [2.24, 2.45) is 0 Å². The van der Waals surface area contributed by atoms with Gasteiger partial charge in [-0.15, -0.1) is 0 Å². The molecule has 0 fully saturated rings. The van der Waals surface area contributed by atoms with Gasteiger partial charge in [0.15, 0.2) is 11.7 Å². The van der Waals surface area contributed by atoms with E-state index < -0.39 is 4.92 Å². The molecule has 0 bridgehead atoms. The summed E-state index contributed by atoms with van der Waals surface area (Å²) in [6.07, 6.45) is 2.11. The lowest BCUT2D eigenvalue weighted by Gasteiger charge is -2.07. The second-order valence-electron chi connectivity index (χ2n) is 5.93. The first-order valence-corrected chi connectivity index (χ1v) is 8.97. The lowest BCUT2D eigenvalue weighted by atomic mass is 10.1. The Balaban J connectivity index is 1.62. The highest BCUT2D eigenvalue weighted by Gasteiger charge is 2.13. The lowest BCUT2D eigenvalue weighted by Crippen LogP contribution is -2.13. The number of anilines is 1. The van der Waals surface area contributed by atoms with Gasteiger partial charge in [-0.25, -0.2) is 4.98 Å². The molecule has 0 unspecified atom stereocenters. The Morgan fingerprint density at radius 2 is 2.11 bits per heavy atom. The highest BCUT2D eigenvalue weighted by Crippen LogP contribution is 2.25. The van der Waals surface area contributed by atoms with Gasteiger partial charge in [-0.2, -0.15) is 0 Å². The molecule has 0 aliphatic carbocycles. The molecular formula is C19H16BrN3O4. The minimum Gasteiger partial charge on any atom is -0.441 e. The van der Waals surface area contributed by atoms with E-state index in [0.29, 0.717) is 23.8 Å². The molecule has 2 aromatic carbocycles. The van der Waals surface area contributed by atoms with Crippen molar-refractivity contribution in [2.45, 2.75) is 19.8 Å². The van der Waals surface area contributed by atoms with Crippen LogP contribution >= 0.6 is 15.9 Å². The number of carbonyl (C=O) groups is 1. The molecule has 0 spiro atoms. The first-order chi connectivity index (χ1) is 12.9. The third kappa shape index (κ3) is 4.79. The van der Waals surface area contributed by atoms with Crippen LogP contribution in [0.1, 0.15) is 17.9 Å². The predicted octanol–water partition coefficient (Wildman–Crippen LogP) is 4.89. The number of amides is 1. The van der Waals surface area contributed by atoms with Gasteiger partial charge in [-0.05, 0) is 24.6 Å². The Hall–Kier alpha value is -3.00. The van der Waals surface area contributed by atoms with Crippen LogP contribution < -0.4 is 5.32 Å². The number of nitrogens with zero attached hydrogens (tertiary/aromatic N) is 2. The van der Waals surface area contributed by atoms with Crippen LogP contribution in [-0.2, 0) is 11.2 Å². The molecule has 0 saturated carbocycles. The first kappa shape index (κ1) is 18.8. The number of hydrogen-bond donors (Lipinski definition) is 1. The summed E-state index contributed by atoms with van der Waals surface area (Å²) in [4.78, 5) is 26.8. The van der Waals surface area contributed by atoms with E-state index in [0.717, 1.165) is 15.6 Å². The fourth-order valence-corrected chi connectivity index (χ4v) is 2.89. The highest BCUT2D eigenvalue weighted by molar-refractivity contribution is 9.10. The number of carbonyl (C=O) groups excluding carboxylic acids is 1. The van der Waals surface area contributed by atoms with Gasteiger partial charge in [0.1, 0.15) is 0 Å². The third-order valence-electron chi connectivity index (χ3n) is 3.93. The number of oxazole rings is 1. The number of halogens is 1. The van der Waals surface area contributed by atoms with Gasteiger partial charge < -0.3 is 9.73 Å². The molecule has 0 aliphatic rings. The minimum atomic E-state index is -0.495. The predicted molar refractivity (Wildman–Crippen MR) is 104 cm³/mol. The van der Waals surface area contributed by atoms with Gasteiger partial charge in [0, 0.05) is 35.0 Å². The van der Waals surface area contributed by atoms with Crippen molar-refractivity contribution < 1.29 is 14.1 Å². The molecule has 7 nitrogen and oxygen atoms in total. The van der Waals surface area contributed by atoms with Gasteiger partial charge in [-0.1, -0.05) is 34.1 Å². The number of nitro benzene ring substituents is 1. The van der Waals surface area contributed by atoms with Crippen LogP contribution in [0.15, 0.2) is 57.6 Å². The normalized spacial score (nSPS) is 10.6. The van der Waals surface area contributed by atoms with Crippen molar-refractivity contribution in [3.05, 3.63) is 74.7 Å². The van der Waals surface area contributed by atoms with Crippen LogP contribution in [0.25, 0.3) is 11.3 Å². The van der Waals surface area contributed by atoms with Crippen molar-refractivity contribution in [1.82, 2.24) is 4.98 Å². The first-order valence-electron chi connectivity index (χ1n) is 8.18. The van der Waals surface area contributed by atoms with Gasteiger partial charge in [-0.3, -0.25) is 14.9 Å². The fourth-order valence-electron chi connectivity index (χ4n) is 2.49. The van der Waals surface area contributed by atoms with E-state index in [1.807, 2.05) is 24.3 Å². The van der Waals surface area contributed by atoms with Crippen LogP contribution in [0, 0.1) is 17.0 Å². The van der Waals surface area contributed by atoms with E-state index in [1.54, 1.807) is 19.2 Å². The van der Waals surface area contributed by atoms with E-state index in [-0.39, 0.29) is 18.0 Å². The number of nitrogens with one attached hydrogen (secondary N) is 1. The largest absolute Gasteiger partial charge is 0.441 e. The summed E-state index contributed by atoms with van der Waals surface area (Å²) in [5.41, 5.74) is 2.00. The maximum absolute atomic E-state index is 12.2. The van der Waals surface area contributed by atoms with E-state index in [9.17, 15) is 14.9 Å². The van der Waals surface area contributed by atoms with Gasteiger partial charge in [0.2, 0.25) is 5.91 Å². The molecule has 3 rings (SSSR count). The lowest BCUT2D eigenvalue weighted by molar-refractivity contribution is -0.384. The number of aryl methyl sites for hydroxylation is 2. The minimum absolute atomic E-state index is 0.0673. The summed E-state index contributed by atoms with van der Waals surface area (Å²) >= 11 is 3.41. The molecule has 1 aromatic heterocycles. The monoisotopic (exact) mass is 429 g/mol. The second-order valence-corrected chi connectivity index (χ2v) is 6.85. The second kappa shape index (κ2) is 8.13. The van der Waals surface area contributed by atoms with Crippen LogP contribution in [0.2, 0.25) is 0 Å². The Bertz CT molecular complexity index is 1000. The van der Waals surface area contributed by atoms with Crippen LogP contribution in [0.5, 0.6) is 0 Å². The number of rotatable bonds is 6. The summed E-state index contributed by atoms with van der Waals surface area (Å²) in [6.45, 7) is 1.78. The Morgan fingerprint density at radius 3 is 2.85 bits per heavy atom. The van der Waals surface area contributed by atoms with Crippen molar-refractivity contribution >= 4 is 33.2 Å². The van der Waals surface area contributed by atoms with Crippen LogP contribution in [0.3, 0.4) is 0 Å². The molecule has 0 saturated heterocycles. The molecule has 1 N–H and O–H groups in total. The third-order valence-corrected chi connectivity index (χ3v) is 4.43. The molecule has 8 heteroatoms. The fraction of sp³-hybridized carbons (Fsp3) is 0.158. The maximum Gasteiger partial charge on any atom is 0.271 e. The zero-order valence-corrected chi connectivity index (χ0v) is 16.0. The molecule has 0 radical (unpaired) electrons. The average molecular weight is 430 g/mol. The van der Waals surface area contributed by atoms with E-state index in [4.69, 9.17) is 4.42 Å². The Kier molecular flexibility index (Phi) is 5.66. The SMILES string of the molecule is Cc1ccc([N+](=O)[O-])cc1NC(=O)CCc1ncc(-c2cccc(Br)c2)o1. The standard InChI is InChI=1S/C19H16BrN3O4/c1-12-5-6-15(23(25)26)10-16(12)22-18(24)7-8-19-21-11-17(27-19)13-3-2-4-14(20)9-13/h2-6,9-11H,7-8H2,1H3,(H,22,24). The quantitative estimate of drug-likeness (QED) is 0.444. The summed E-state index contributed by atoms with van der Waals surface area (Å²) in [5.74, 6) is 0.818. The molecule has 27 heavy (non-hydrogen) atoms. The maximum atomic E-state index is 12.2. The van der Waals surface area contributed by atoms with E-state index in [2.05, 4.69) is 26.2 Å².